The zero-order chi connectivity index (χ0) is 28.4. The quantitative estimate of drug-likeness (QED) is 0.236. The highest BCUT2D eigenvalue weighted by Crippen LogP contribution is 2.46. The van der Waals surface area contributed by atoms with Crippen LogP contribution in [0, 0.1) is 0 Å². The van der Waals surface area contributed by atoms with Gasteiger partial charge >= 0.3 is 0 Å². The van der Waals surface area contributed by atoms with Gasteiger partial charge in [-0.1, -0.05) is 41.9 Å². The lowest BCUT2D eigenvalue weighted by molar-refractivity contribution is -0.119. The Morgan fingerprint density at radius 2 is 1.77 bits per heavy atom. The third-order valence-electron chi connectivity index (χ3n) is 6.19. The van der Waals surface area contributed by atoms with Gasteiger partial charge in [-0.05, 0) is 30.3 Å². The van der Waals surface area contributed by atoms with E-state index in [2.05, 4.69) is 20.7 Å². The molecule has 0 fully saturated rings. The number of ether oxygens (including phenoxy) is 3. The Balaban J connectivity index is 1.47. The largest absolute Gasteiger partial charge is 0.493 e. The highest BCUT2D eigenvalue weighted by atomic mass is 35.5. The maximum absolute atomic E-state index is 13.7. The van der Waals surface area contributed by atoms with Crippen molar-refractivity contribution in [2.24, 2.45) is 5.10 Å². The number of amides is 1. The molecule has 13 heteroatoms. The first-order valence-electron chi connectivity index (χ1n) is 11.9. The van der Waals surface area contributed by atoms with E-state index in [4.69, 9.17) is 25.8 Å². The summed E-state index contributed by atoms with van der Waals surface area (Å²) in [5.41, 5.74) is 5.03. The van der Waals surface area contributed by atoms with Crippen LogP contribution in [0.25, 0.3) is 22.5 Å². The smallest absolute Gasteiger partial charge is 0.265 e. The van der Waals surface area contributed by atoms with Crippen LogP contribution in [0.5, 0.6) is 17.2 Å². The lowest BCUT2D eigenvalue weighted by Gasteiger charge is -2.29. The SMILES string of the molecule is COc1cc(C=NNC(=O)CN2c3c(-c4cccc(Cl)c4)n[nH]c3-c3ccccc3S2(=O)=O)cc(OC)c1OC. The third kappa shape index (κ3) is 4.82. The van der Waals surface area contributed by atoms with Crippen molar-refractivity contribution in [3.8, 4) is 39.8 Å². The standard InChI is InChI=1S/C27H24ClN5O6S/c1-37-20-11-16(12-21(38-2)27(20)39-3)14-29-30-23(34)15-33-26-24(17-7-6-8-18(28)13-17)31-32-25(26)19-9-4-5-10-22(19)40(33,35)36/h4-14H,15H2,1-3H3,(H,30,34)(H,31,32). The first-order chi connectivity index (χ1) is 19.3. The van der Waals surface area contributed by atoms with E-state index >= 15 is 0 Å². The van der Waals surface area contributed by atoms with E-state index in [1.165, 1.54) is 33.6 Å². The van der Waals surface area contributed by atoms with Crippen LogP contribution >= 0.6 is 11.6 Å². The van der Waals surface area contributed by atoms with Crippen molar-refractivity contribution >= 4 is 39.4 Å². The summed E-state index contributed by atoms with van der Waals surface area (Å²) < 4.78 is 44.5. The number of hydrazone groups is 1. The van der Waals surface area contributed by atoms with Crippen molar-refractivity contribution in [3.05, 3.63) is 71.2 Å². The number of H-pyrrole nitrogens is 1. The van der Waals surface area contributed by atoms with E-state index < -0.39 is 22.5 Å². The van der Waals surface area contributed by atoms with E-state index in [1.54, 1.807) is 54.6 Å². The highest BCUT2D eigenvalue weighted by Gasteiger charge is 2.39. The van der Waals surface area contributed by atoms with Gasteiger partial charge in [-0.2, -0.15) is 10.2 Å². The molecule has 0 atom stereocenters. The van der Waals surface area contributed by atoms with Crippen LogP contribution in [0.15, 0.2) is 70.7 Å². The van der Waals surface area contributed by atoms with Gasteiger partial charge in [0, 0.05) is 21.7 Å². The van der Waals surface area contributed by atoms with Crippen LogP contribution in [0.2, 0.25) is 5.02 Å². The molecule has 0 saturated heterocycles. The summed E-state index contributed by atoms with van der Waals surface area (Å²) in [4.78, 5) is 13.1. The number of carbonyl (C=O) groups is 1. The van der Waals surface area contributed by atoms with Crippen LogP contribution in [0.4, 0.5) is 5.69 Å². The minimum Gasteiger partial charge on any atom is -0.493 e. The number of nitrogens with one attached hydrogen (secondary N) is 2. The summed E-state index contributed by atoms with van der Waals surface area (Å²) in [5.74, 6) is 0.562. The van der Waals surface area contributed by atoms with Crippen LogP contribution in [0.3, 0.4) is 0 Å². The molecule has 206 valence electrons. The van der Waals surface area contributed by atoms with Crippen LogP contribution < -0.4 is 23.9 Å². The van der Waals surface area contributed by atoms with Crippen molar-refractivity contribution in [1.82, 2.24) is 15.6 Å². The average Bonchev–Trinajstić information content (AvgIpc) is 3.40. The zero-order valence-corrected chi connectivity index (χ0v) is 23.2. The lowest BCUT2D eigenvalue weighted by Crippen LogP contribution is -2.41. The number of aromatic amines is 1. The molecular formula is C27H24ClN5O6S. The molecule has 3 aromatic carbocycles. The predicted octanol–water partition coefficient (Wildman–Crippen LogP) is 4.08. The van der Waals surface area contributed by atoms with Gasteiger partial charge in [0.15, 0.2) is 11.5 Å². The van der Waals surface area contributed by atoms with Gasteiger partial charge in [-0.25, -0.2) is 13.8 Å². The van der Waals surface area contributed by atoms with Crippen molar-refractivity contribution in [1.29, 1.82) is 0 Å². The Morgan fingerprint density at radius 3 is 2.45 bits per heavy atom. The predicted molar refractivity (Wildman–Crippen MR) is 151 cm³/mol. The average molecular weight is 582 g/mol. The minimum atomic E-state index is -4.12. The number of anilines is 1. The number of halogens is 1. The molecule has 1 aliphatic heterocycles. The maximum atomic E-state index is 13.7. The number of carbonyl (C=O) groups excluding carboxylic acids is 1. The fourth-order valence-electron chi connectivity index (χ4n) is 4.43. The van der Waals surface area contributed by atoms with Gasteiger partial charge in [0.1, 0.15) is 17.9 Å². The van der Waals surface area contributed by atoms with Crippen LogP contribution in [-0.2, 0) is 14.8 Å². The molecule has 11 nitrogen and oxygen atoms in total. The Hall–Kier alpha value is -4.55. The zero-order valence-electron chi connectivity index (χ0n) is 21.6. The van der Waals surface area contributed by atoms with E-state index in [-0.39, 0.29) is 10.6 Å². The molecule has 2 N–H and O–H groups in total. The van der Waals surface area contributed by atoms with Crippen LogP contribution in [0.1, 0.15) is 5.56 Å². The second-order valence-corrected chi connectivity index (χ2v) is 10.8. The Bertz CT molecular complexity index is 1710. The number of fused-ring (bicyclic) bond motifs is 3. The second-order valence-electron chi connectivity index (χ2n) is 8.57. The summed E-state index contributed by atoms with van der Waals surface area (Å²) in [6.07, 6.45) is 1.38. The molecule has 40 heavy (non-hydrogen) atoms. The number of hydrogen-bond acceptors (Lipinski definition) is 8. The van der Waals surface area contributed by atoms with Crippen molar-refractivity contribution in [3.63, 3.8) is 0 Å². The molecule has 1 aromatic heterocycles. The van der Waals surface area contributed by atoms with E-state index in [9.17, 15) is 13.2 Å². The first-order valence-corrected chi connectivity index (χ1v) is 13.7. The van der Waals surface area contributed by atoms with Crippen molar-refractivity contribution in [2.75, 3.05) is 32.2 Å². The van der Waals surface area contributed by atoms with Gasteiger partial charge < -0.3 is 14.2 Å². The second kappa shape index (κ2) is 10.9. The van der Waals surface area contributed by atoms with E-state index in [0.717, 1.165) is 4.31 Å². The molecule has 0 radical (unpaired) electrons. The fourth-order valence-corrected chi connectivity index (χ4v) is 6.26. The summed E-state index contributed by atoms with van der Waals surface area (Å²) in [6.45, 7) is -0.552. The minimum absolute atomic E-state index is 0.0533. The Morgan fingerprint density at radius 1 is 1.05 bits per heavy atom. The molecule has 0 saturated carbocycles. The van der Waals surface area contributed by atoms with Crippen molar-refractivity contribution in [2.45, 2.75) is 4.90 Å². The fraction of sp³-hybridized carbons (Fsp3) is 0.148. The number of sulfonamides is 1. The number of benzene rings is 3. The van der Waals surface area contributed by atoms with Gasteiger partial charge in [-0.15, -0.1) is 0 Å². The molecule has 4 aromatic rings. The van der Waals surface area contributed by atoms with Crippen LogP contribution in [-0.4, -0.2) is 58.6 Å². The monoisotopic (exact) mass is 581 g/mol. The van der Waals surface area contributed by atoms with Gasteiger partial charge in [0.2, 0.25) is 5.75 Å². The van der Waals surface area contributed by atoms with Gasteiger partial charge in [0.25, 0.3) is 15.9 Å². The molecule has 0 spiro atoms. The molecule has 5 rings (SSSR count). The Kier molecular flexibility index (Phi) is 7.37. The normalized spacial score (nSPS) is 13.4. The number of aromatic nitrogens is 2. The molecule has 2 heterocycles. The first kappa shape index (κ1) is 27.0. The third-order valence-corrected chi connectivity index (χ3v) is 8.23. The number of hydrogen-bond donors (Lipinski definition) is 2. The summed E-state index contributed by atoms with van der Waals surface area (Å²) in [5, 5.41) is 11.8. The molecule has 1 amide bonds. The van der Waals surface area contributed by atoms with Gasteiger partial charge in [0.05, 0.1) is 38.1 Å². The number of nitrogens with zero attached hydrogens (tertiary/aromatic N) is 3. The Labute approximate surface area is 235 Å². The summed E-state index contributed by atoms with van der Waals surface area (Å²) in [7, 11) is 0.337. The lowest BCUT2D eigenvalue weighted by atomic mass is 10.1. The molecule has 0 unspecified atom stereocenters. The topological polar surface area (TPSA) is 135 Å². The van der Waals surface area contributed by atoms with E-state index in [1.807, 2.05) is 0 Å². The molecular weight excluding hydrogens is 558 g/mol. The molecule has 0 bridgehead atoms. The maximum Gasteiger partial charge on any atom is 0.265 e. The number of rotatable bonds is 8. The number of methoxy groups -OCH3 is 3. The summed E-state index contributed by atoms with van der Waals surface area (Å²) >= 11 is 6.19. The summed E-state index contributed by atoms with van der Waals surface area (Å²) in [6, 6.07) is 16.7. The van der Waals surface area contributed by atoms with Crippen molar-refractivity contribution < 1.29 is 27.4 Å². The molecule has 1 aliphatic rings. The molecule has 0 aliphatic carbocycles. The van der Waals surface area contributed by atoms with E-state index in [0.29, 0.717) is 50.3 Å². The van der Waals surface area contributed by atoms with Gasteiger partial charge in [-0.3, -0.25) is 14.2 Å². The highest BCUT2D eigenvalue weighted by molar-refractivity contribution is 7.93.